The molecule has 0 aliphatic rings. The van der Waals surface area contributed by atoms with Gasteiger partial charge in [0, 0.05) is 6.54 Å². The summed E-state index contributed by atoms with van der Waals surface area (Å²) in [6.07, 6.45) is 0.395. The van der Waals surface area contributed by atoms with E-state index >= 15 is 0 Å². The van der Waals surface area contributed by atoms with E-state index < -0.39 is 18.0 Å². The first kappa shape index (κ1) is 17.8. The van der Waals surface area contributed by atoms with E-state index in [0.717, 1.165) is 11.3 Å². The van der Waals surface area contributed by atoms with Crippen LogP contribution in [0.4, 0.5) is 4.79 Å². The van der Waals surface area contributed by atoms with Crippen LogP contribution < -0.4 is 15.4 Å². The highest BCUT2D eigenvalue weighted by atomic mass is 16.5. The molecular weight excluding hydrogens is 284 g/mol. The molecule has 2 amide bonds. The van der Waals surface area contributed by atoms with Crippen molar-refractivity contribution >= 4 is 12.0 Å². The number of carbonyl (C=O) groups excluding carboxylic acids is 1. The Morgan fingerprint density at radius 2 is 1.86 bits per heavy atom. The predicted molar refractivity (Wildman–Crippen MR) is 83.9 cm³/mol. The van der Waals surface area contributed by atoms with Gasteiger partial charge in [0.05, 0.1) is 6.61 Å². The number of carboxylic acids is 1. The van der Waals surface area contributed by atoms with E-state index in [-0.39, 0.29) is 5.92 Å². The fraction of sp³-hybridized carbons (Fsp3) is 0.500. The maximum Gasteiger partial charge on any atom is 0.326 e. The summed E-state index contributed by atoms with van der Waals surface area (Å²) in [5.74, 6) is -0.0593. The number of aliphatic carboxylic acids is 1. The first-order valence-electron chi connectivity index (χ1n) is 7.41. The van der Waals surface area contributed by atoms with Gasteiger partial charge in [0.1, 0.15) is 11.8 Å². The molecule has 0 radical (unpaired) electrons. The van der Waals surface area contributed by atoms with Crippen molar-refractivity contribution in [3.8, 4) is 5.75 Å². The second-order valence-electron chi connectivity index (χ2n) is 5.42. The molecule has 0 bridgehead atoms. The quantitative estimate of drug-likeness (QED) is 0.688. The highest BCUT2D eigenvalue weighted by Crippen LogP contribution is 2.11. The van der Waals surface area contributed by atoms with Gasteiger partial charge in [0.25, 0.3) is 0 Å². The van der Waals surface area contributed by atoms with Gasteiger partial charge in [0.2, 0.25) is 0 Å². The number of urea groups is 1. The minimum absolute atomic E-state index is 0.188. The third kappa shape index (κ3) is 6.47. The molecule has 1 atom stereocenters. The number of amides is 2. The summed E-state index contributed by atoms with van der Waals surface area (Å²) in [6, 6.07) is 6.01. The van der Waals surface area contributed by atoms with Crippen molar-refractivity contribution in [2.45, 2.75) is 39.8 Å². The van der Waals surface area contributed by atoms with Crippen LogP contribution in [0.1, 0.15) is 32.8 Å². The summed E-state index contributed by atoms with van der Waals surface area (Å²) in [5, 5.41) is 14.2. The van der Waals surface area contributed by atoms with E-state index in [4.69, 9.17) is 9.84 Å². The lowest BCUT2D eigenvalue weighted by Crippen LogP contribution is -2.46. The summed E-state index contributed by atoms with van der Waals surface area (Å²) in [7, 11) is 0. The van der Waals surface area contributed by atoms with Crippen LogP contribution in [0.2, 0.25) is 0 Å². The lowest BCUT2D eigenvalue weighted by molar-refractivity contribution is -0.139. The van der Waals surface area contributed by atoms with Crippen LogP contribution in [0.15, 0.2) is 24.3 Å². The number of hydrogen-bond donors (Lipinski definition) is 3. The average molecular weight is 308 g/mol. The molecule has 0 aliphatic carbocycles. The Bertz CT molecular complexity index is 485. The number of nitrogens with one attached hydrogen (secondary N) is 2. The Morgan fingerprint density at radius 1 is 1.23 bits per heavy atom. The molecule has 6 nitrogen and oxygen atoms in total. The van der Waals surface area contributed by atoms with Crippen molar-refractivity contribution in [3.63, 3.8) is 0 Å². The SMILES string of the molecule is CCOc1ccc(CNC(=O)NC(CC(C)C)C(=O)O)cc1. The number of hydrogen-bond acceptors (Lipinski definition) is 3. The van der Waals surface area contributed by atoms with Gasteiger partial charge in [-0.05, 0) is 37.0 Å². The van der Waals surface area contributed by atoms with E-state index in [1.807, 2.05) is 45.0 Å². The molecule has 1 aromatic rings. The third-order valence-electron chi connectivity index (χ3n) is 3.00. The van der Waals surface area contributed by atoms with Crippen LogP contribution in [-0.2, 0) is 11.3 Å². The maximum absolute atomic E-state index is 11.8. The summed E-state index contributed by atoms with van der Waals surface area (Å²) in [6.45, 7) is 6.67. The molecule has 0 heterocycles. The van der Waals surface area contributed by atoms with Crippen LogP contribution in [-0.4, -0.2) is 29.8 Å². The Hall–Kier alpha value is -2.24. The van der Waals surface area contributed by atoms with Crippen LogP contribution in [0.3, 0.4) is 0 Å². The van der Waals surface area contributed by atoms with Gasteiger partial charge >= 0.3 is 12.0 Å². The van der Waals surface area contributed by atoms with Crippen molar-refractivity contribution in [2.24, 2.45) is 5.92 Å². The number of benzene rings is 1. The van der Waals surface area contributed by atoms with Crippen molar-refractivity contribution < 1.29 is 19.4 Å². The first-order chi connectivity index (χ1) is 10.4. The fourth-order valence-electron chi connectivity index (χ4n) is 1.95. The lowest BCUT2D eigenvalue weighted by atomic mass is 10.0. The molecule has 6 heteroatoms. The molecule has 0 saturated heterocycles. The normalized spacial score (nSPS) is 11.8. The number of ether oxygens (including phenoxy) is 1. The Labute approximate surface area is 130 Å². The Morgan fingerprint density at radius 3 is 2.36 bits per heavy atom. The van der Waals surface area contributed by atoms with E-state index in [2.05, 4.69) is 10.6 Å². The van der Waals surface area contributed by atoms with Crippen molar-refractivity contribution in [1.29, 1.82) is 0 Å². The first-order valence-corrected chi connectivity index (χ1v) is 7.41. The summed E-state index contributed by atoms with van der Waals surface area (Å²) in [4.78, 5) is 22.9. The van der Waals surface area contributed by atoms with Crippen LogP contribution in [0.25, 0.3) is 0 Å². The monoisotopic (exact) mass is 308 g/mol. The van der Waals surface area contributed by atoms with E-state index in [9.17, 15) is 9.59 Å². The van der Waals surface area contributed by atoms with Gasteiger partial charge in [-0.1, -0.05) is 26.0 Å². The van der Waals surface area contributed by atoms with Gasteiger partial charge in [-0.3, -0.25) is 0 Å². The minimum Gasteiger partial charge on any atom is -0.494 e. The number of carboxylic acid groups (broad SMARTS) is 1. The molecule has 0 fully saturated rings. The molecule has 0 aromatic heterocycles. The second kappa shape index (κ2) is 8.92. The van der Waals surface area contributed by atoms with E-state index in [0.29, 0.717) is 19.6 Å². The highest BCUT2D eigenvalue weighted by molar-refractivity contribution is 5.82. The van der Waals surface area contributed by atoms with Gasteiger partial charge < -0.3 is 20.5 Å². The van der Waals surface area contributed by atoms with Crippen molar-refractivity contribution in [2.75, 3.05) is 6.61 Å². The van der Waals surface area contributed by atoms with E-state index in [1.165, 1.54) is 0 Å². The number of rotatable bonds is 8. The molecule has 0 saturated carbocycles. The van der Waals surface area contributed by atoms with Gasteiger partial charge in [-0.15, -0.1) is 0 Å². The Balaban J connectivity index is 2.45. The highest BCUT2D eigenvalue weighted by Gasteiger charge is 2.20. The zero-order valence-corrected chi connectivity index (χ0v) is 13.3. The molecular formula is C16H24N2O4. The molecule has 22 heavy (non-hydrogen) atoms. The van der Waals surface area contributed by atoms with Crippen LogP contribution in [0, 0.1) is 5.92 Å². The summed E-state index contributed by atoms with van der Waals surface area (Å²) >= 11 is 0. The third-order valence-corrected chi connectivity index (χ3v) is 3.00. The summed E-state index contributed by atoms with van der Waals surface area (Å²) in [5.41, 5.74) is 0.911. The van der Waals surface area contributed by atoms with Crippen LogP contribution in [0.5, 0.6) is 5.75 Å². The lowest BCUT2D eigenvalue weighted by Gasteiger charge is -2.17. The van der Waals surface area contributed by atoms with E-state index in [1.54, 1.807) is 0 Å². The fourth-order valence-corrected chi connectivity index (χ4v) is 1.95. The molecule has 0 aliphatic heterocycles. The average Bonchev–Trinajstić information content (AvgIpc) is 2.45. The van der Waals surface area contributed by atoms with Gasteiger partial charge in [-0.2, -0.15) is 0 Å². The van der Waals surface area contributed by atoms with Crippen LogP contribution >= 0.6 is 0 Å². The zero-order valence-electron chi connectivity index (χ0n) is 13.3. The second-order valence-corrected chi connectivity index (χ2v) is 5.42. The van der Waals surface area contributed by atoms with Crippen molar-refractivity contribution in [3.05, 3.63) is 29.8 Å². The molecule has 122 valence electrons. The zero-order chi connectivity index (χ0) is 16.5. The molecule has 3 N–H and O–H groups in total. The topological polar surface area (TPSA) is 87.7 Å². The number of carbonyl (C=O) groups is 2. The molecule has 1 unspecified atom stereocenters. The Kier molecular flexibility index (Phi) is 7.22. The molecule has 1 aromatic carbocycles. The minimum atomic E-state index is -1.02. The summed E-state index contributed by atoms with van der Waals surface area (Å²) < 4.78 is 5.34. The predicted octanol–water partition coefficient (Wildman–Crippen LogP) is 2.38. The smallest absolute Gasteiger partial charge is 0.326 e. The standard InChI is InChI=1S/C16H24N2O4/c1-4-22-13-7-5-12(6-8-13)10-17-16(21)18-14(15(19)20)9-11(2)3/h5-8,11,14H,4,9-10H2,1-3H3,(H,19,20)(H2,17,18,21). The molecule has 0 spiro atoms. The van der Waals surface area contributed by atoms with Gasteiger partial charge in [-0.25, -0.2) is 9.59 Å². The maximum atomic E-state index is 11.8. The molecule has 1 rings (SSSR count). The van der Waals surface area contributed by atoms with Gasteiger partial charge in [0.15, 0.2) is 0 Å². The largest absolute Gasteiger partial charge is 0.494 e. The van der Waals surface area contributed by atoms with Crippen molar-refractivity contribution in [1.82, 2.24) is 10.6 Å².